The number of thioether (sulfide) groups is 1. The molecule has 0 saturated carbocycles. The van der Waals surface area contributed by atoms with Gasteiger partial charge in [0.2, 0.25) is 0 Å². The fourth-order valence-electron chi connectivity index (χ4n) is 1.46. The van der Waals surface area contributed by atoms with Crippen molar-refractivity contribution in [2.75, 3.05) is 12.3 Å². The number of amides is 1. The fourth-order valence-corrected chi connectivity index (χ4v) is 2.27. The van der Waals surface area contributed by atoms with Crippen LogP contribution in [0.4, 0.5) is 0 Å². The Hall–Kier alpha value is -1.49. The van der Waals surface area contributed by atoms with E-state index in [2.05, 4.69) is 5.32 Å². The van der Waals surface area contributed by atoms with Gasteiger partial charge in [0, 0.05) is 11.4 Å². The quantitative estimate of drug-likeness (QED) is 0.641. The number of carbonyl (C=O) groups excluding carboxylic acids is 2. The van der Waals surface area contributed by atoms with Crippen LogP contribution in [-0.2, 0) is 14.3 Å². The number of likely N-dealkylation sites (N-methyl/N-ethyl adjacent to an activating group) is 1. The molecule has 1 N–H and O–H groups in total. The molecule has 0 aromatic heterocycles. The van der Waals surface area contributed by atoms with E-state index in [0.717, 1.165) is 10.5 Å². The molecule has 0 aliphatic carbocycles. The Bertz CT molecular complexity index is 448. The van der Waals surface area contributed by atoms with E-state index < -0.39 is 6.10 Å². The van der Waals surface area contributed by atoms with Crippen LogP contribution in [0.15, 0.2) is 29.2 Å². The van der Waals surface area contributed by atoms with Crippen molar-refractivity contribution in [3.8, 4) is 0 Å². The number of ether oxygens (including phenoxy) is 1. The molecule has 0 fully saturated rings. The maximum atomic E-state index is 11.6. The van der Waals surface area contributed by atoms with Crippen LogP contribution >= 0.6 is 11.8 Å². The second-order valence-electron chi connectivity index (χ2n) is 4.08. The molecule has 19 heavy (non-hydrogen) atoms. The third kappa shape index (κ3) is 5.34. The molecule has 4 nitrogen and oxygen atoms in total. The average molecular weight is 281 g/mol. The Kier molecular flexibility index (Phi) is 6.42. The summed E-state index contributed by atoms with van der Waals surface area (Å²) in [5.41, 5.74) is 1.12. The van der Waals surface area contributed by atoms with E-state index in [1.165, 1.54) is 11.8 Å². The Morgan fingerprint density at radius 2 is 2.05 bits per heavy atom. The van der Waals surface area contributed by atoms with Crippen LogP contribution < -0.4 is 5.32 Å². The van der Waals surface area contributed by atoms with Gasteiger partial charge in [-0.05, 0) is 32.4 Å². The summed E-state index contributed by atoms with van der Waals surface area (Å²) >= 11 is 1.42. The molecule has 5 heteroatoms. The van der Waals surface area contributed by atoms with Gasteiger partial charge in [0.05, 0.1) is 5.75 Å². The minimum absolute atomic E-state index is 0.203. The van der Waals surface area contributed by atoms with Crippen molar-refractivity contribution in [2.45, 2.75) is 31.8 Å². The van der Waals surface area contributed by atoms with Gasteiger partial charge in [-0.3, -0.25) is 9.59 Å². The number of nitrogens with one attached hydrogen (secondary N) is 1. The van der Waals surface area contributed by atoms with Crippen LogP contribution in [0, 0.1) is 6.92 Å². The summed E-state index contributed by atoms with van der Waals surface area (Å²) in [5, 5.41) is 2.61. The van der Waals surface area contributed by atoms with Gasteiger partial charge in [0.15, 0.2) is 6.10 Å². The first-order valence-corrected chi connectivity index (χ1v) is 7.18. The number of rotatable bonds is 6. The van der Waals surface area contributed by atoms with Crippen LogP contribution in [0.1, 0.15) is 19.4 Å². The van der Waals surface area contributed by atoms with Gasteiger partial charge in [-0.25, -0.2) is 0 Å². The van der Waals surface area contributed by atoms with Gasteiger partial charge in [0.1, 0.15) is 0 Å². The predicted molar refractivity (Wildman–Crippen MR) is 76.1 cm³/mol. The normalized spacial score (nSPS) is 11.7. The summed E-state index contributed by atoms with van der Waals surface area (Å²) in [5.74, 6) is -0.446. The number of aryl methyl sites for hydroxylation is 1. The van der Waals surface area contributed by atoms with E-state index in [-0.39, 0.29) is 17.6 Å². The zero-order valence-corrected chi connectivity index (χ0v) is 12.3. The topological polar surface area (TPSA) is 55.4 Å². The molecule has 0 spiro atoms. The lowest BCUT2D eigenvalue weighted by Crippen LogP contribution is -2.35. The SMILES string of the molecule is CCNC(=O)[C@H](C)OC(=O)CSc1ccccc1C. The van der Waals surface area contributed by atoms with Crippen molar-refractivity contribution >= 4 is 23.6 Å². The average Bonchev–Trinajstić information content (AvgIpc) is 2.38. The molecular formula is C14H19NO3S. The van der Waals surface area contributed by atoms with E-state index in [4.69, 9.17) is 4.74 Å². The number of hydrogen-bond acceptors (Lipinski definition) is 4. The minimum Gasteiger partial charge on any atom is -0.452 e. The Morgan fingerprint density at radius 1 is 1.37 bits per heavy atom. The highest BCUT2D eigenvalue weighted by molar-refractivity contribution is 8.00. The largest absolute Gasteiger partial charge is 0.452 e. The van der Waals surface area contributed by atoms with Gasteiger partial charge < -0.3 is 10.1 Å². The van der Waals surface area contributed by atoms with Gasteiger partial charge in [-0.2, -0.15) is 0 Å². The Labute approximate surface area is 117 Å². The van der Waals surface area contributed by atoms with Crippen molar-refractivity contribution in [1.29, 1.82) is 0 Å². The smallest absolute Gasteiger partial charge is 0.317 e. The summed E-state index contributed by atoms with van der Waals surface area (Å²) in [6, 6.07) is 7.83. The minimum atomic E-state index is -0.745. The molecule has 0 aliphatic rings. The van der Waals surface area contributed by atoms with E-state index in [1.807, 2.05) is 38.1 Å². The van der Waals surface area contributed by atoms with E-state index in [0.29, 0.717) is 6.54 Å². The fraction of sp³-hybridized carbons (Fsp3) is 0.429. The van der Waals surface area contributed by atoms with Crippen molar-refractivity contribution in [3.63, 3.8) is 0 Å². The first kappa shape index (κ1) is 15.6. The van der Waals surface area contributed by atoms with Crippen molar-refractivity contribution in [3.05, 3.63) is 29.8 Å². The van der Waals surface area contributed by atoms with Gasteiger partial charge in [-0.1, -0.05) is 18.2 Å². The molecule has 104 valence electrons. The zero-order chi connectivity index (χ0) is 14.3. The van der Waals surface area contributed by atoms with E-state index in [1.54, 1.807) is 6.92 Å². The first-order chi connectivity index (χ1) is 9.04. The lowest BCUT2D eigenvalue weighted by molar-refractivity contribution is -0.152. The summed E-state index contributed by atoms with van der Waals surface area (Å²) in [6.45, 7) is 5.91. The molecule has 1 aromatic carbocycles. The summed E-state index contributed by atoms with van der Waals surface area (Å²) in [6.07, 6.45) is -0.745. The van der Waals surface area contributed by atoms with Crippen LogP contribution in [0.2, 0.25) is 0 Å². The van der Waals surface area contributed by atoms with Crippen LogP contribution in [0.25, 0.3) is 0 Å². The molecule has 1 amide bonds. The third-order valence-corrected chi connectivity index (χ3v) is 3.62. The number of esters is 1. The van der Waals surface area contributed by atoms with E-state index >= 15 is 0 Å². The third-order valence-electron chi connectivity index (χ3n) is 2.47. The molecule has 1 rings (SSSR count). The lowest BCUT2D eigenvalue weighted by Gasteiger charge is -2.12. The molecule has 0 radical (unpaired) electrons. The molecule has 0 aliphatic heterocycles. The number of carbonyl (C=O) groups is 2. The van der Waals surface area contributed by atoms with Crippen LogP contribution in [0.3, 0.4) is 0 Å². The Balaban J connectivity index is 2.40. The molecular weight excluding hydrogens is 262 g/mol. The molecule has 0 bridgehead atoms. The predicted octanol–water partition coefficient (Wildman–Crippen LogP) is 2.15. The molecule has 0 heterocycles. The van der Waals surface area contributed by atoms with Crippen molar-refractivity contribution < 1.29 is 14.3 Å². The number of hydrogen-bond donors (Lipinski definition) is 1. The maximum absolute atomic E-state index is 11.6. The highest BCUT2D eigenvalue weighted by Gasteiger charge is 2.16. The summed E-state index contributed by atoms with van der Waals surface area (Å²) in [7, 11) is 0. The highest BCUT2D eigenvalue weighted by Crippen LogP contribution is 2.21. The maximum Gasteiger partial charge on any atom is 0.317 e. The second kappa shape index (κ2) is 7.84. The lowest BCUT2D eigenvalue weighted by atomic mass is 10.2. The molecule has 0 saturated heterocycles. The zero-order valence-electron chi connectivity index (χ0n) is 11.4. The van der Waals surface area contributed by atoms with Gasteiger partial charge in [-0.15, -0.1) is 11.8 Å². The van der Waals surface area contributed by atoms with Crippen LogP contribution in [-0.4, -0.2) is 30.3 Å². The molecule has 1 aromatic rings. The molecule has 1 atom stereocenters. The van der Waals surface area contributed by atoms with Gasteiger partial charge in [0.25, 0.3) is 5.91 Å². The monoisotopic (exact) mass is 281 g/mol. The van der Waals surface area contributed by atoms with Crippen molar-refractivity contribution in [1.82, 2.24) is 5.32 Å². The first-order valence-electron chi connectivity index (χ1n) is 6.20. The molecule has 0 unspecified atom stereocenters. The summed E-state index contributed by atoms with van der Waals surface area (Å²) in [4.78, 5) is 24.1. The van der Waals surface area contributed by atoms with Gasteiger partial charge >= 0.3 is 5.97 Å². The highest BCUT2D eigenvalue weighted by atomic mass is 32.2. The second-order valence-corrected chi connectivity index (χ2v) is 5.10. The van der Waals surface area contributed by atoms with Crippen LogP contribution in [0.5, 0.6) is 0 Å². The van der Waals surface area contributed by atoms with E-state index in [9.17, 15) is 9.59 Å². The number of benzene rings is 1. The van der Waals surface area contributed by atoms with Crippen molar-refractivity contribution in [2.24, 2.45) is 0 Å². The summed E-state index contributed by atoms with van der Waals surface area (Å²) < 4.78 is 5.05. The Morgan fingerprint density at radius 3 is 2.68 bits per heavy atom. The standard InChI is InChI=1S/C14H19NO3S/c1-4-15-14(17)11(3)18-13(16)9-19-12-8-6-5-7-10(12)2/h5-8,11H,4,9H2,1-3H3,(H,15,17)/t11-/m0/s1.